The number of piperidine rings is 1. The molecule has 0 spiro atoms. The van der Waals surface area contributed by atoms with Gasteiger partial charge in [-0.25, -0.2) is 0 Å². The highest BCUT2D eigenvalue weighted by molar-refractivity contribution is 14.1. The van der Waals surface area contributed by atoms with Gasteiger partial charge in [-0.05, 0) is 86.6 Å². The minimum Gasteiger partial charge on any atom is -0.324 e. The van der Waals surface area contributed by atoms with E-state index in [0.717, 1.165) is 34.8 Å². The number of anilines is 1. The van der Waals surface area contributed by atoms with Crippen LogP contribution in [0.4, 0.5) is 5.69 Å². The van der Waals surface area contributed by atoms with Crippen molar-refractivity contribution in [3.63, 3.8) is 0 Å². The fourth-order valence-corrected chi connectivity index (χ4v) is 3.26. The fourth-order valence-electron chi connectivity index (χ4n) is 2.74. The minimum absolute atomic E-state index is 0.0905. The van der Waals surface area contributed by atoms with E-state index in [2.05, 4.69) is 38.1 Å². The third-order valence-electron chi connectivity index (χ3n) is 4.02. The number of hydrogen-bond donors (Lipinski definition) is 2. The maximum absolute atomic E-state index is 12.1. The molecule has 0 bridgehead atoms. The van der Waals surface area contributed by atoms with Gasteiger partial charge in [0, 0.05) is 3.57 Å². The lowest BCUT2D eigenvalue weighted by Gasteiger charge is -2.31. The van der Waals surface area contributed by atoms with E-state index in [1.165, 1.54) is 19.3 Å². The second kappa shape index (κ2) is 8.70. The summed E-state index contributed by atoms with van der Waals surface area (Å²) in [6.07, 6.45) is 3.66. The Morgan fingerprint density at radius 1 is 1.33 bits per heavy atom. The number of halogens is 1. The van der Waals surface area contributed by atoms with E-state index >= 15 is 0 Å². The van der Waals surface area contributed by atoms with Gasteiger partial charge >= 0.3 is 0 Å². The Balaban J connectivity index is 1.73. The van der Waals surface area contributed by atoms with Gasteiger partial charge in [0.05, 0.1) is 12.2 Å². The van der Waals surface area contributed by atoms with Gasteiger partial charge in [-0.2, -0.15) is 0 Å². The van der Waals surface area contributed by atoms with Crippen molar-refractivity contribution in [3.8, 4) is 0 Å². The predicted octanol–water partition coefficient (Wildman–Crippen LogP) is 2.55. The molecule has 4 nitrogen and oxygen atoms in total. The highest BCUT2D eigenvalue weighted by Crippen LogP contribution is 2.20. The predicted molar refractivity (Wildman–Crippen MR) is 95.5 cm³/mol. The summed E-state index contributed by atoms with van der Waals surface area (Å²) in [5.74, 6) is 0.902. The molecule has 21 heavy (non-hydrogen) atoms. The first-order valence-corrected chi connectivity index (χ1v) is 8.68. The Labute approximate surface area is 140 Å². The summed E-state index contributed by atoms with van der Waals surface area (Å²) in [6.45, 7) is 3.67. The van der Waals surface area contributed by atoms with E-state index in [1.54, 1.807) is 0 Å². The van der Waals surface area contributed by atoms with Crippen molar-refractivity contribution in [1.29, 1.82) is 0 Å². The molecular weight excluding hydrogens is 377 g/mol. The van der Waals surface area contributed by atoms with Gasteiger partial charge in [-0.1, -0.05) is 12.1 Å². The Hall–Kier alpha value is -0.660. The molecule has 1 amide bonds. The molecule has 0 aliphatic carbocycles. The third kappa shape index (κ3) is 5.56. The maximum Gasteiger partial charge on any atom is 0.238 e. The first-order valence-electron chi connectivity index (χ1n) is 7.60. The number of para-hydroxylation sites is 1. The average Bonchev–Trinajstić information content (AvgIpc) is 2.49. The van der Waals surface area contributed by atoms with Gasteiger partial charge in [0.2, 0.25) is 5.91 Å². The molecule has 5 heteroatoms. The molecular formula is C16H24IN3O. The molecule has 1 aromatic rings. The molecule has 1 aliphatic heterocycles. The number of nitrogens with one attached hydrogen (secondary N) is 2. The summed E-state index contributed by atoms with van der Waals surface area (Å²) in [5.41, 5.74) is 0.909. The number of amides is 1. The van der Waals surface area contributed by atoms with Crippen molar-refractivity contribution in [1.82, 2.24) is 10.2 Å². The molecule has 1 fully saturated rings. The van der Waals surface area contributed by atoms with E-state index < -0.39 is 0 Å². The van der Waals surface area contributed by atoms with Crippen LogP contribution < -0.4 is 10.6 Å². The highest BCUT2D eigenvalue weighted by Gasteiger charge is 2.20. The molecule has 0 atom stereocenters. The van der Waals surface area contributed by atoms with Crippen molar-refractivity contribution in [2.75, 3.05) is 38.5 Å². The molecule has 0 saturated carbocycles. The number of benzene rings is 1. The highest BCUT2D eigenvalue weighted by atomic mass is 127. The van der Waals surface area contributed by atoms with Gasteiger partial charge in [0.25, 0.3) is 0 Å². The molecule has 0 radical (unpaired) electrons. The topological polar surface area (TPSA) is 44.4 Å². The molecule has 1 saturated heterocycles. The van der Waals surface area contributed by atoms with Crippen molar-refractivity contribution in [3.05, 3.63) is 27.8 Å². The second-order valence-electron chi connectivity index (χ2n) is 5.64. The number of carbonyl (C=O) groups is 1. The van der Waals surface area contributed by atoms with Gasteiger partial charge in [-0.3, -0.25) is 9.69 Å². The van der Waals surface area contributed by atoms with Crippen LogP contribution in [0, 0.1) is 9.49 Å². The molecule has 1 aliphatic rings. The van der Waals surface area contributed by atoms with Crippen LogP contribution in [0.3, 0.4) is 0 Å². The van der Waals surface area contributed by atoms with Crippen LogP contribution in [0.5, 0.6) is 0 Å². The van der Waals surface area contributed by atoms with E-state index in [9.17, 15) is 4.79 Å². The van der Waals surface area contributed by atoms with Crippen LogP contribution in [0.15, 0.2) is 24.3 Å². The van der Waals surface area contributed by atoms with Crippen molar-refractivity contribution < 1.29 is 4.79 Å². The number of nitrogens with zero attached hydrogens (tertiary/aromatic N) is 1. The largest absolute Gasteiger partial charge is 0.324 e. The first-order chi connectivity index (χ1) is 10.2. The summed E-state index contributed by atoms with van der Waals surface area (Å²) in [7, 11) is 2.00. The molecule has 0 aromatic heterocycles. The summed E-state index contributed by atoms with van der Waals surface area (Å²) in [5, 5.41) is 6.22. The van der Waals surface area contributed by atoms with Crippen LogP contribution in [0.1, 0.15) is 19.3 Å². The van der Waals surface area contributed by atoms with E-state index in [1.807, 2.05) is 31.3 Å². The van der Waals surface area contributed by atoms with Crippen molar-refractivity contribution >= 4 is 34.2 Å². The van der Waals surface area contributed by atoms with E-state index in [-0.39, 0.29) is 5.91 Å². The quantitative estimate of drug-likeness (QED) is 0.721. The Morgan fingerprint density at radius 3 is 2.71 bits per heavy atom. The molecule has 2 N–H and O–H groups in total. The normalized spacial score (nSPS) is 16.9. The summed E-state index contributed by atoms with van der Waals surface area (Å²) in [6, 6.07) is 7.88. The first kappa shape index (κ1) is 16.7. The second-order valence-corrected chi connectivity index (χ2v) is 6.80. The van der Waals surface area contributed by atoms with Gasteiger partial charge in [-0.15, -0.1) is 0 Å². The maximum atomic E-state index is 12.1. The van der Waals surface area contributed by atoms with Crippen molar-refractivity contribution in [2.24, 2.45) is 5.92 Å². The molecule has 2 rings (SSSR count). The monoisotopic (exact) mass is 401 g/mol. The van der Waals surface area contributed by atoms with Crippen LogP contribution in [0.2, 0.25) is 0 Å². The van der Waals surface area contributed by atoms with E-state index in [4.69, 9.17) is 0 Å². The molecule has 0 unspecified atom stereocenters. The van der Waals surface area contributed by atoms with Crippen LogP contribution >= 0.6 is 22.6 Å². The number of rotatable bonds is 6. The van der Waals surface area contributed by atoms with Crippen LogP contribution in [0.25, 0.3) is 0 Å². The zero-order valence-corrected chi connectivity index (χ0v) is 14.7. The zero-order valence-electron chi connectivity index (χ0n) is 12.6. The van der Waals surface area contributed by atoms with Gasteiger partial charge in [0.15, 0.2) is 0 Å². The van der Waals surface area contributed by atoms with Gasteiger partial charge < -0.3 is 10.6 Å². The number of likely N-dealkylation sites (tertiary alicyclic amines) is 1. The lowest BCUT2D eigenvalue weighted by molar-refractivity contribution is -0.117. The number of hydrogen-bond acceptors (Lipinski definition) is 3. The Bertz CT molecular complexity index is 459. The minimum atomic E-state index is 0.0905. The number of carbonyl (C=O) groups excluding carboxylic acids is 1. The SMILES string of the molecule is CNCCC1CCN(CC(=O)Nc2ccccc2I)CC1. The zero-order chi connectivity index (χ0) is 15.1. The smallest absolute Gasteiger partial charge is 0.238 e. The third-order valence-corrected chi connectivity index (χ3v) is 4.97. The Morgan fingerprint density at radius 2 is 2.05 bits per heavy atom. The lowest BCUT2D eigenvalue weighted by atomic mass is 9.93. The summed E-state index contributed by atoms with van der Waals surface area (Å²) in [4.78, 5) is 14.4. The lowest BCUT2D eigenvalue weighted by Crippen LogP contribution is -2.39. The summed E-state index contributed by atoms with van der Waals surface area (Å²) < 4.78 is 1.08. The van der Waals surface area contributed by atoms with Gasteiger partial charge in [0.1, 0.15) is 0 Å². The van der Waals surface area contributed by atoms with Crippen LogP contribution in [-0.2, 0) is 4.79 Å². The fraction of sp³-hybridized carbons (Fsp3) is 0.562. The average molecular weight is 401 g/mol. The molecule has 1 aromatic carbocycles. The standard InChI is InChI=1S/C16H24IN3O/c1-18-9-6-13-7-10-20(11-8-13)12-16(21)19-15-5-3-2-4-14(15)17/h2-5,13,18H,6-12H2,1H3,(H,19,21). The van der Waals surface area contributed by atoms with Crippen molar-refractivity contribution in [2.45, 2.75) is 19.3 Å². The van der Waals surface area contributed by atoms with Crippen LogP contribution in [-0.4, -0.2) is 44.0 Å². The molecule has 116 valence electrons. The van der Waals surface area contributed by atoms with E-state index in [0.29, 0.717) is 6.54 Å². The molecule has 1 heterocycles. The Kier molecular flexibility index (Phi) is 6.92. The summed E-state index contributed by atoms with van der Waals surface area (Å²) >= 11 is 2.25.